The first-order chi connectivity index (χ1) is 35.2. The largest absolute Gasteiger partial charge is 0.472 e. The van der Waals surface area contributed by atoms with Gasteiger partial charge in [0.15, 0.2) is 6.10 Å². The Balaban J connectivity index is 4.89. The van der Waals surface area contributed by atoms with Crippen LogP contribution in [0.1, 0.15) is 201 Å². The molecular formula is C60H97O11P. The van der Waals surface area contributed by atoms with E-state index in [9.17, 15) is 28.9 Å². The van der Waals surface area contributed by atoms with Gasteiger partial charge in [-0.3, -0.25) is 23.4 Å². The average molecular weight is 1030 g/mol. The van der Waals surface area contributed by atoms with E-state index in [0.717, 1.165) is 83.5 Å². The van der Waals surface area contributed by atoms with Crippen molar-refractivity contribution in [3.8, 4) is 0 Å². The van der Waals surface area contributed by atoms with Crippen LogP contribution in [0.4, 0.5) is 0 Å². The lowest BCUT2D eigenvalue weighted by molar-refractivity contribution is -0.161. The molecule has 11 nitrogen and oxygen atoms in total. The van der Waals surface area contributed by atoms with E-state index in [-0.39, 0.29) is 25.9 Å². The second kappa shape index (κ2) is 53.2. The van der Waals surface area contributed by atoms with Crippen LogP contribution in [0, 0.1) is 0 Å². The summed E-state index contributed by atoms with van der Waals surface area (Å²) in [5.41, 5.74) is 0. The van der Waals surface area contributed by atoms with E-state index < -0.39 is 57.8 Å². The number of carbonyl (C=O) groups is 3. The third-order valence-electron chi connectivity index (χ3n) is 10.9. The maximum absolute atomic E-state index is 12.9. The van der Waals surface area contributed by atoms with Gasteiger partial charge in [0.1, 0.15) is 12.7 Å². The summed E-state index contributed by atoms with van der Waals surface area (Å²) in [6, 6.07) is 0. The SMILES string of the molecule is CC/C=C\C/C=C\C/C=C\C/C=C\C/C=C\CC(=O)OC(CO)COP(=O)(O)OCC(COC(=O)CC/C=C\C/C=C\C/C=C\C/C=C\CC)OC(=O)CCCCCCCCC/C=C\CCCCCCCC. The van der Waals surface area contributed by atoms with Crippen molar-refractivity contribution in [2.24, 2.45) is 0 Å². The van der Waals surface area contributed by atoms with E-state index in [4.69, 9.17) is 23.3 Å². The summed E-state index contributed by atoms with van der Waals surface area (Å²) in [5.74, 6) is -1.72. The molecule has 0 aromatic heterocycles. The molecule has 0 aliphatic rings. The van der Waals surface area contributed by atoms with Crippen LogP contribution in [-0.2, 0) is 42.2 Å². The molecule has 0 aliphatic carbocycles. The highest BCUT2D eigenvalue weighted by molar-refractivity contribution is 7.47. The summed E-state index contributed by atoms with van der Waals surface area (Å²) in [6.45, 7) is 4.19. The monoisotopic (exact) mass is 1020 g/mol. The lowest BCUT2D eigenvalue weighted by Crippen LogP contribution is -2.30. The number of aliphatic hydroxyl groups is 1. The molecule has 0 aromatic rings. The first kappa shape index (κ1) is 67.9. The molecule has 3 unspecified atom stereocenters. The molecule has 3 atom stereocenters. The Hall–Kier alpha value is -4.12. The number of esters is 3. The molecule has 0 heterocycles. The molecule has 0 radical (unpaired) electrons. The molecule has 0 amide bonds. The van der Waals surface area contributed by atoms with Crippen molar-refractivity contribution < 1.29 is 52.2 Å². The summed E-state index contributed by atoms with van der Waals surface area (Å²) in [4.78, 5) is 48.3. The quantitative estimate of drug-likeness (QED) is 0.0197. The number of hydrogen-bond acceptors (Lipinski definition) is 10. The van der Waals surface area contributed by atoms with Crippen molar-refractivity contribution in [1.29, 1.82) is 0 Å². The highest BCUT2D eigenvalue weighted by Crippen LogP contribution is 2.43. The van der Waals surface area contributed by atoms with Crippen LogP contribution in [0.2, 0.25) is 0 Å². The number of phosphoric ester groups is 1. The number of carbonyl (C=O) groups excluding carboxylic acids is 3. The average Bonchev–Trinajstić information content (AvgIpc) is 3.37. The summed E-state index contributed by atoms with van der Waals surface area (Å²) in [6.07, 6.45) is 65.0. The van der Waals surface area contributed by atoms with Crippen LogP contribution < -0.4 is 0 Å². The van der Waals surface area contributed by atoms with E-state index in [2.05, 4.69) is 106 Å². The third kappa shape index (κ3) is 50.8. The number of aliphatic hydroxyl groups excluding tert-OH is 1. The van der Waals surface area contributed by atoms with Gasteiger partial charge in [-0.1, -0.05) is 206 Å². The van der Waals surface area contributed by atoms with Crippen LogP contribution >= 0.6 is 7.82 Å². The van der Waals surface area contributed by atoms with Crippen LogP contribution in [0.5, 0.6) is 0 Å². The smallest absolute Gasteiger partial charge is 0.462 e. The molecule has 408 valence electrons. The van der Waals surface area contributed by atoms with E-state index in [1.165, 1.54) is 57.8 Å². The van der Waals surface area contributed by atoms with E-state index in [1.807, 2.05) is 30.4 Å². The molecule has 0 saturated carbocycles. The fourth-order valence-corrected chi connectivity index (χ4v) is 7.58. The lowest BCUT2D eigenvalue weighted by Gasteiger charge is -2.21. The van der Waals surface area contributed by atoms with E-state index >= 15 is 0 Å². The summed E-state index contributed by atoms with van der Waals surface area (Å²) in [7, 11) is -4.79. The van der Waals surface area contributed by atoms with Crippen molar-refractivity contribution >= 4 is 25.7 Å². The minimum atomic E-state index is -4.79. The van der Waals surface area contributed by atoms with Crippen molar-refractivity contribution in [2.45, 2.75) is 213 Å². The van der Waals surface area contributed by atoms with Crippen LogP contribution in [0.25, 0.3) is 0 Å². The Morgan fingerprint density at radius 1 is 0.417 bits per heavy atom. The second-order valence-electron chi connectivity index (χ2n) is 17.6. The number of allylic oxidation sites excluding steroid dienone is 19. The summed E-state index contributed by atoms with van der Waals surface area (Å²) in [5, 5.41) is 9.77. The van der Waals surface area contributed by atoms with Gasteiger partial charge in [-0.15, -0.1) is 0 Å². The first-order valence-electron chi connectivity index (χ1n) is 27.4. The van der Waals surface area contributed by atoms with Gasteiger partial charge in [0.25, 0.3) is 0 Å². The Morgan fingerprint density at radius 2 is 0.806 bits per heavy atom. The Labute approximate surface area is 437 Å². The molecule has 0 rings (SSSR count). The minimum absolute atomic E-state index is 0.0655. The molecule has 0 saturated heterocycles. The Bertz CT molecular complexity index is 1670. The molecule has 0 fully saturated rings. The van der Waals surface area contributed by atoms with Crippen molar-refractivity contribution in [3.05, 3.63) is 122 Å². The van der Waals surface area contributed by atoms with E-state index in [0.29, 0.717) is 19.3 Å². The topological polar surface area (TPSA) is 155 Å². The molecule has 0 aliphatic heterocycles. The maximum atomic E-state index is 12.9. The number of phosphoric acid groups is 1. The first-order valence-corrected chi connectivity index (χ1v) is 28.9. The number of rotatable bonds is 49. The van der Waals surface area contributed by atoms with Gasteiger partial charge >= 0.3 is 25.7 Å². The normalized spacial score (nSPS) is 14.3. The number of unbranched alkanes of at least 4 members (excludes halogenated alkanes) is 13. The Kier molecular flexibility index (Phi) is 50.1. The highest BCUT2D eigenvalue weighted by atomic mass is 31.2. The zero-order valence-electron chi connectivity index (χ0n) is 44.8. The van der Waals surface area contributed by atoms with Gasteiger partial charge in [0, 0.05) is 12.8 Å². The lowest BCUT2D eigenvalue weighted by atomic mass is 10.1. The van der Waals surface area contributed by atoms with Gasteiger partial charge in [0.05, 0.1) is 26.2 Å². The third-order valence-corrected chi connectivity index (χ3v) is 11.8. The molecule has 0 aromatic carbocycles. The van der Waals surface area contributed by atoms with Crippen LogP contribution in [0.3, 0.4) is 0 Å². The second-order valence-corrected chi connectivity index (χ2v) is 19.1. The molecule has 2 N–H and O–H groups in total. The molecular weight excluding hydrogens is 928 g/mol. The molecule has 72 heavy (non-hydrogen) atoms. The highest BCUT2D eigenvalue weighted by Gasteiger charge is 2.28. The molecule has 12 heteroatoms. The zero-order chi connectivity index (χ0) is 52.7. The van der Waals surface area contributed by atoms with Crippen molar-refractivity contribution in [1.82, 2.24) is 0 Å². The minimum Gasteiger partial charge on any atom is -0.462 e. The van der Waals surface area contributed by atoms with Crippen LogP contribution in [0.15, 0.2) is 122 Å². The summed E-state index contributed by atoms with van der Waals surface area (Å²) >= 11 is 0. The van der Waals surface area contributed by atoms with Crippen molar-refractivity contribution in [3.63, 3.8) is 0 Å². The van der Waals surface area contributed by atoms with E-state index in [1.54, 1.807) is 6.08 Å². The van der Waals surface area contributed by atoms with Gasteiger partial charge in [-0.25, -0.2) is 4.57 Å². The van der Waals surface area contributed by atoms with Gasteiger partial charge in [0.2, 0.25) is 0 Å². The maximum Gasteiger partial charge on any atom is 0.472 e. The molecule has 0 spiro atoms. The standard InChI is InChI=1S/C60H97O11P/c1-4-7-10-13-16-19-22-25-27-28-30-33-36-39-42-45-48-51-60(64)71-57(53-67-58(62)49-46-43-40-37-34-31-24-21-18-15-12-9-6-3)55-69-72(65,66)68-54-56(52-61)70-59(63)50-47-44-41-38-35-32-29-26-23-20-17-14-11-8-5-2/h8-9,11-12,17-18,20-21,25-27,29,31,34-35,38,40,43-44,47,56-57,61H,4-7,10,13-16,19,22-24,28,30,32-33,36-37,39,41-42,45-46,48-55H2,1-3H3,(H,65,66)/b11-8-,12-9-,20-17-,21-18-,27-25-,29-26-,34-31-,38-35-,43-40-,47-44-. The number of hydrogen-bond donors (Lipinski definition) is 2. The van der Waals surface area contributed by atoms with Crippen molar-refractivity contribution in [2.75, 3.05) is 26.4 Å². The molecule has 0 bridgehead atoms. The van der Waals surface area contributed by atoms with Gasteiger partial charge in [-0.2, -0.15) is 0 Å². The van der Waals surface area contributed by atoms with Crippen LogP contribution in [-0.4, -0.2) is 66.5 Å². The van der Waals surface area contributed by atoms with Gasteiger partial charge < -0.3 is 24.2 Å². The predicted octanol–water partition coefficient (Wildman–Crippen LogP) is 16.0. The number of ether oxygens (including phenoxy) is 3. The Morgan fingerprint density at radius 3 is 1.28 bits per heavy atom. The fourth-order valence-electron chi connectivity index (χ4n) is 6.79. The fraction of sp³-hybridized carbons (Fsp3) is 0.617. The zero-order valence-corrected chi connectivity index (χ0v) is 45.7. The summed E-state index contributed by atoms with van der Waals surface area (Å²) < 4.78 is 39.2. The predicted molar refractivity (Wildman–Crippen MR) is 297 cm³/mol. The van der Waals surface area contributed by atoms with Gasteiger partial charge in [-0.05, 0) is 96.3 Å².